The van der Waals surface area contributed by atoms with Gasteiger partial charge >= 0.3 is 0 Å². The molecule has 4 fully saturated rings. The molecule has 2 aliphatic heterocycles. The summed E-state index contributed by atoms with van der Waals surface area (Å²) in [5.41, 5.74) is -0.0596. The summed E-state index contributed by atoms with van der Waals surface area (Å²) in [6, 6.07) is 16.1. The molecule has 6 atom stereocenters. The number of amides is 4. The fourth-order valence-electron chi connectivity index (χ4n) is 8.39. The van der Waals surface area contributed by atoms with Crippen molar-refractivity contribution in [1.82, 2.24) is 29.7 Å². The fourth-order valence-corrected chi connectivity index (χ4v) is 9.75. The highest BCUT2D eigenvalue weighted by molar-refractivity contribution is 7.91. The van der Waals surface area contributed by atoms with Crippen molar-refractivity contribution >= 4 is 44.6 Å². The standard InChI is InChI=1S/C44H56N6O8S/c1-8-28-24-44(28,42(54)47-59(55,56)32-15-16-32)46-40(52)37-21-31(26-50(37)41(53)34(43(2,3)4)22-39(51)49-19-18-29(25-49)48(5)6)58-38-23-35(27-12-10-9-11-13-27)45-36-20-30(57-7)14-17-33(36)38/h8-14,17,20,23,28-29,31-32,34,37H,1,15-16,18-19,21-22,24-26H2,2-7H3,(H,46,52)(H,47,54)/t28-,29?,31-,34-,37+,44-/m1/s1. The highest BCUT2D eigenvalue weighted by Crippen LogP contribution is 2.46. The third-order valence-electron chi connectivity index (χ3n) is 12.4. The number of ether oxygens (including phenoxy) is 2. The van der Waals surface area contributed by atoms with E-state index in [0.717, 1.165) is 12.0 Å². The molecule has 2 saturated heterocycles. The molecule has 4 amide bonds. The third-order valence-corrected chi connectivity index (χ3v) is 14.2. The lowest BCUT2D eigenvalue weighted by Crippen LogP contribution is -2.57. The van der Waals surface area contributed by atoms with Crippen LogP contribution in [0.3, 0.4) is 0 Å². The average Bonchev–Trinajstić information content (AvgIpc) is 4.08. The number of rotatable bonds is 14. The first-order chi connectivity index (χ1) is 27.9. The molecule has 2 N–H and O–H groups in total. The summed E-state index contributed by atoms with van der Waals surface area (Å²) in [6.45, 7) is 10.7. The maximum atomic E-state index is 15.0. The maximum Gasteiger partial charge on any atom is 0.259 e. The zero-order valence-electron chi connectivity index (χ0n) is 34.8. The Bertz CT molecular complexity index is 2240. The average molecular weight is 829 g/mol. The molecule has 2 saturated carbocycles. The van der Waals surface area contributed by atoms with Gasteiger partial charge in [0.05, 0.1) is 36.0 Å². The minimum atomic E-state index is -3.91. The number of aromatic nitrogens is 1. The van der Waals surface area contributed by atoms with Gasteiger partial charge in [0.15, 0.2) is 0 Å². The van der Waals surface area contributed by atoms with Crippen LogP contribution in [-0.2, 0) is 29.2 Å². The van der Waals surface area contributed by atoms with Gasteiger partial charge in [-0.1, -0.05) is 57.2 Å². The number of carbonyl (C=O) groups excluding carboxylic acids is 4. The molecule has 0 spiro atoms. The Hall–Kier alpha value is -5.02. The monoisotopic (exact) mass is 828 g/mol. The van der Waals surface area contributed by atoms with Crippen LogP contribution < -0.4 is 19.5 Å². The van der Waals surface area contributed by atoms with E-state index in [1.165, 1.54) is 11.0 Å². The molecule has 3 heterocycles. The molecular weight excluding hydrogens is 773 g/mol. The topological polar surface area (TPSA) is 168 Å². The Kier molecular flexibility index (Phi) is 11.6. The van der Waals surface area contributed by atoms with Gasteiger partial charge in [0.1, 0.15) is 29.2 Å². The van der Waals surface area contributed by atoms with Crippen LogP contribution in [0.2, 0.25) is 0 Å². The summed E-state index contributed by atoms with van der Waals surface area (Å²) in [5.74, 6) is -2.12. The lowest BCUT2D eigenvalue weighted by atomic mass is 9.77. The first kappa shape index (κ1) is 42.1. The third kappa shape index (κ3) is 8.82. The van der Waals surface area contributed by atoms with Gasteiger partial charge in [-0.05, 0) is 57.3 Å². The van der Waals surface area contributed by atoms with Gasteiger partial charge < -0.3 is 29.5 Å². The SMILES string of the molecule is C=C[C@@H]1C[C@]1(NC(=O)[C@@H]1C[C@@H](Oc2cc(-c3ccccc3)nc3cc(OC)ccc23)CN1C(=O)[C@@H](CC(=O)N1CCC(N(C)C)C1)C(C)(C)C)C(=O)NS(=O)(=O)C1CC1. The Morgan fingerprint density at radius 3 is 2.39 bits per heavy atom. The zero-order chi connectivity index (χ0) is 42.4. The minimum absolute atomic E-state index is 0.0187. The second-order valence-corrected chi connectivity index (χ2v) is 19.7. The minimum Gasteiger partial charge on any atom is -0.497 e. The van der Waals surface area contributed by atoms with Crippen LogP contribution in [0, 0.1) is 17.3 Å². The summed E-state index contributed by atoms with van der Waals surface area (Å²) in [4.78, 5) is 67.4. The molecule has 3 aromatic rings. The molecule has 4 aliphatic rings. The van der Waals surface area contributed by atoms with E-state index >= 15 is 0 Å². The number of pyridine rings is 1. The van der Waals surface area contributed by atoms with Crippen LogP contribution in [-0.4, -0.2) is 122 Å². The molecule has 14 nitrogen and oxygen atoms in total. The van der Waals surface area contributed by atoms with Crippen molar-refractivity contribution in [3.63, 3.8) is 0 Å². The smallest absolute Gasteiger partial charge is 0.259 e. The Labute approximate surface area is 346 Å². The lowest BCUT2D eigenvalue weighted by Gasteiger charge is -2.35. The van der Waals surface area contributed by atoms with Crippen molar-refractivity contribution in [2.75, 3.05) is 40.8 Å². The number of sulfonamides is 1. The number of fused-ring (bicyclic) bond motifs is 1. The molecule has 59 heavy (non-hydrogen) atoms. The molecule has 316 valence electrons. The van der Waals surface area contributed by atoms with E-state index in [2.05, 4.69) is 21.5 Å². The van der Waals surface area contributed by atoms with Crippen molar-refractivity contribution in [3.05, 3.63) is 67.3 Å². The number of nitrogens with one attached hydrogen (secondary N) is 2. The molecule has 1 aromatic heterocycles. The van der Waals surface area contributed by atoms with Gasteiger partial charge in [-0.2, -0.15) is 0 Å². The summed E-state index contributed by atoms with van der Waals surface area (Å²) in [6.07, 6.45) is 2.80. The number of likely N-dealkylation sites (tertiary alicyclic amines) is 2. The van der Waals surface area contributed by atoms with Crippen LogP contribution in [0.25, 0.3) is 22.2 Å². The lowest BCUT2D eigenvalue weighted by molar-refractivity contribution is -0.148. The van der Waals surface area contributed by atoms with Gasteiger partial charge in [0.2, 0.25) is 27.7 Å². The Morgan fingerprint density at radius 1 is 1.05 bits per heavy atom. The molecular formula is C44H56N6O8S. The molecule has 1 unspecified atom stereocenters. The first-order valence-electron chi connectivity index (χ1n) is 20.4. The zero-order valence-corrected chi connectivity index (χ0v) is 35.6. The summed E-state index contributed by atoms with van der Waals surface area (Å²) in [5, 5.41) is 2.94. The van der Waals surface area contributed by atoms with E-state index in [-0.39, 0.29) is 43.7 Å². The van der Waals surface area contributed by atoms with Crippen LogP contribution in [0.5, 0.6) is 11.5 Å². The number of likely N-dealkylation sites (N-methyl/N-ethyl adjacent to an activating group) is 1. The maximum absolute atomic E-state index is 15.0. The number of benzene rings is 2. The van der Waals surface area contributed by atoms with E-state index in [0.29, 0.717) is 54.0 Å². The number of nitrogens with zero attached hydrogens (tertiary/aromatic N) is 4. The van der Waals surface area contributed by atoms with Gasteiger partial charge in [0.25, 0.3) is 5.91 Å². The molecule has 2 aliphatic carbocycles. The highest BCUT2D eigenvalue weighted by Gasteiger charge is 2.62. The summed E-state index contributed by atoms with van der Waals surface area (Å²) >= 11 is 0. The molecule has 15 heteroatoms. The predicted molar refractivity (Wildman–Crippen MR) is 224 cm³/mol. The molecule has 0 radical (unpaired) electrons. The van der Waals surface area contributed by atoms with Gasteiger partial charge in [0, 0.05) is 61.0 Å². The first-order valence-corrected chi connectivity index (χ1v) is 21.9. The van der Waals surface area contributed by atoms with Crippen LogP contribution in [0.1, 0.15) is 59.3 Å². The summed E-state index contributed by atoms with van der Waals surface area (Å²) in [7, 11) is 1.66. The molecule has 0 bridgehead atoms. The van der Waals surface area contributed by atoms with E-state index in [9.17, 15) is 27.6 Å². The van der Waals surface area contributed by atoms with Crippen molar-refractivity contribution in [3.8, 4) is 22.8 Å². The van der Waals surface area contributed by atoms with E-state index in [1.54, 1.807) is 7.11 Å². The quantitative estimate of drug-likeness (QED) is 0.226. The molecule has 2 aromatic carbocycles. The number of hydrogen-bond acceptors (Lipinski definition) is 10. The van der Waals surface area contributed by atoms with Gasteiger partial charge in [-0.3, -0.25) is 23.9 Å². The number of methoxy groups -OCH3 is 1. The van der Waals surface area contributed by atoms with Crippen molar-refractivity contribution < 1.29 is 37.1 Å². The number of carbonyl (C=O) groups is 4. The van der Waals surface area contributed by atoms with E-state index < -0.39 is 62.0 Å². The second-order valence-electron chi connectivity index (χ2n) is 17.8. The van der Waals surface area contributed by atoms with E-state index in [4.69, 9.17) is 14.5 Å². The van der Waals surface area contributed by atoms with Crippen molar-refractivity contribution in [2.45, 2.75) is 88.3 Å². The van der Waals surface area contributed by atoms with Crippen LogP contribution in [0.15, 0.2) is 67.3 Å². The summed E-state index contributed by atoms with van der Waals surface area (Å²) < 4.78 is 40.1. The Morgan fingerprint density at radius 2 is 1.78 bits per heavy atom. The largest absolute Gasteiger partial charge is 0.497 e. The van der Waals surface area contributed by atoms with Crippen molar-refractivity contribution in [2.24, 2.45) is 17.3 Å². The highest BCUT2D eigenvalue weighted by atomic mass is 32.2. The fraction of sp³-hybridized carbons (Fsp3) is 0.523. The van der Waals surface area contributed by atoms with E-state index in [1.807, 2.05) is 94.4 Å². The van der Waals surface area contributed by atoms with Crippen molar-refractivity contribution in [1.29, 1.82) is 0 Å². The van der Waals surface area contributed by atoms with Gasteiger partial charge in [-0.25, -0.2) is 13.4 Å². The number of hydrogen-bond donors (Lipinski definition) is 2. The van der Waals surface area contributed by atoms with Crippen LogP contribution >= 0.6 is 0 Å². The normalized spacial score (nSPS) is 24.8. The molecule has 7 rings (SSSR count). The predicted octanol–water partition coefficient (Wildman–Crippen LogP) is 4.14. The second kappa shape index (κ2) is 16.2. The van der Waals surface area contributed by atoms with Crippen LogP contribution in [0.4, 0.5) is 0 Å². The Balaban J connectivity index is 1.21. The van der Waals surface area contributed by atoms with Gasteiger partial charge in [-0.15, -0.1) is 6.58 Å².